The lowest BCUT2D eigenvalue weighted by atomic mass is 10.2. The monoisotopic (exact) mass is 229 g/mol. The molecule has 2 aromatic rings. The van der Waals surface area contributed by atoms with Gasteiger partial charge in [0.05, 0.1) is 5.69 Å². The van der Waals surface area contributed by atoms with Gasteiger partial charge in [0.2, 0.25) is 0 Å². The molecule has 0 amide bonds. The van der Waals surface area contributed by atoms with E-state index >= 15 is 0 Å². The highest BCUT2D eigenvalue weighted by Crippen LogP contribution is 2.34. The third-order valence-electron chi connectivity index (χ3n) is 3.54. The number of imidazole rings is 1. The minimum absolute atomic E-state index is 0.736. The van der Waals surface area contributed by atoms with Gasteiger partial charge in [-0.3, -0.25) is 0 Å². The standard InChI is InChI=1S/C14H19N3/c1-2-5-11-8-13(11)15-9-12-10-17-7-4-3-6-14(17)16-12/h3-4,6-7,10-11,13,15H,2,5,8-9H2,1H3. The number of rotatable bonds is 5. The normalized spacial score (nSPS) is 23.1. The van der Waals surface area contributed by atoms with E-state index in [1.165, 1.54) is 19.3 Å². The minimum Gasteiger partial charge on any atom is -0.308 e. The van der Waals surface area contributed by atoms with Crippen LogP contribution < -0.4 is 5.32 Å². The Kier molecular flexibility index (Phi) is 2.85. The average molecular weight is 229 g/mol. The third kappa shape index (κ3) is 2.34. The fraction of sp³-hybridized carbons (Fsp3) is 0.500. The molecule has 17 heavy (non-hydrogen) atoms. The van der Waals surface area contributed by atoms with E-state index in [1.54, 1.807) is 0 Å². The molecule has 0 bridgehead atoms. The van der Waals surface area contributed by atoms with E-state index in [1.807, 2.05) is 24.4 Å². The highest BCUT2D eigenvalue weighted by atomic mass is 15.0. The molecule has 0 radical (unpaired) electrons. The molecule has 0 spiro atoms. The van der Waals surface area contributed by atoms with Crippen LogP contribution in [0, 0.1) is 5.92 Å². The molecule has 1 fully saturated rings. The van der Waals surface area contributed by atoms with Crippen molar-refractivity contribution in [2.45, 2.75) is 38.8 Å². The summed E-state index contributed by atoms with van der Waals surface area (Å²) in [6.07, 6.45) is 8.17. The molecule has 2 heterocycles. The third-order valence-corrected chi connectivity index (χ3v) is 3.54. The van der Waals surface area contributed by atoms with Crippen LogP contribution in [0.5, 0.6) is 0 Å². The van der Waals surface area contributed by atoms with E-state index in [-0.39, 0.29) is 0 Å². The lowest BCUT2D eigenvalue weighted by molar-refractivity contribution is 0.595. The van der Waals surface area contributed by atoms with Gasteiger partial charge in [0.15, 0.2) is 0 Å². The first kappa shape index (κ1) is 10.8. The van der Waals surface area contributed by atoms with Crippen LogP contribution in [-0.4, -0.2) is 15.4 Å². The maximum Gasteiger partial charge on any atom is 0.137 e. The molecule has 3 rings (SSSR count). The summed E-state index contributed by atoms with van der Waals surface area (Å²) < 4.78 is 2.08. The lowest BCUT2D eigenvalue weighted by Crippen LogP contribution is -2.17. The van der Waals surface area contributed by atoms with E-state index in [9.17, 15) is 0 Å². The molecule has 1 aliphatic carbocycles. The molecule has 3 nitrogen and oxygen atoms in total. The summed E-state index contributed by atoms with van der Waals surface area (Å²) in [7, 11) is 0. The van der Waals surface area contributed by atoms with Crippen molar-refractivity contribution in [1.82, 2.24) is 14.7 Å². The number of nitrogens with one attached hydrogen (secondary N) is 1. The quantitative estimate of drug-likeness (QED) is 0.854. The van der Waals surface area contributed by atoms with Gasteiger partial charge in [0.25, 0.3) is 0 Å². The Morgan fingerprint density at radius 3 is 3.24 bits per heavy atom. The Bertz CT molecular complexity index is 470. The zero-order valence-electron chi connectivity index (χ0n) is 10.3. The zero-order chi connectivity index (χ0) is 11.7. The molecular weight excluding hydrogens is 210 g/mol. The van der Waals surface area contributed by atoms with Crippen molar-refractivity contribution in [1.29, 1.82) is 0 Å². The summed E-state index contributed by atoms with van der Waals surface area (Å²) in [6.45, 7) is 3.16. The summed E-state index contributed by atoms with van der Waals surface area (Å²) >= 11 is 0. The fourth-order valence-electron chi connectivity index (χ4n) is 2.50. The highest BCUT2D eigenvalue weighted by molar-refractivity contribution is 5.39. The number of hydrogen-bond donors (Lipinski definition) is 1. The summed E-state index contributed by atoms with van der Waals surface area (Å²) in [5, 5.41) is 3.59. The number of pyridine rings is 1. The molecule has 0 aliphatic heterocycles. The van der Waals surface area contributed by atoms with E-state index in [0.717, 1.165) is 29.8 Å². The van der Waals surface area contributed by atoms with Crippen LogP contribution in [0.3, 0.4) is 0 Å². The summed E-state index contributed by atoms with van der Waals surface area (Å²) in [5.74, 6) is 0.914. The summed E-state index contributed by atoms with van der Waals surface area (Å²) in [6, 6.07) is 6.84. The SMILES string of the molecule is CCCC1CC1NCc1cn2ccccc2n1. The van der Waals surface area contributed by atoms with Gasteiger partial charge in [-0.25, -0.2) is 4.98 Å². The van der Waals surface area contributed by atoms with Gasteiger partial charge >= 0.3 is 0 Å². The topological polar surface area (TPSA) is 29.3 Å². The number of nitrogens with zero attached hydrogens (tertiary/aromatic N) is 2. The minimum atomic E-state index is 0.736. The summed E-state index contributed by atoms with van der Waals surface area (Å²) in [5.41, 5.74) is 2.17. The Hall–Kier alpha value is -1.35. The van der Waals surface area contributed by atoms with Crippen LogP contribution in [-0.2, 0) is 6.54 Å². The van der Waals surface area contributed by atoms with Crippen LogP contribution in [0.25, 0.3) is 5.65 Å². The number of fused-ring (bicyclic) bond motifs is 1. The van der Waals surface area contributed by atoms with Crippen molar-refractivity contribution < 1.29 is 0 Å². The summed E-state index contributed by atoms with van der Waals surface area (Å²) in [4.78, 5) is 4.58. The van der Waals surface area contributed by atoms with Crippen molar-refractivity contribution in [3.05, 3.63) is 36.3 Å². The fourth-order valence-corrected chi connectivity index (χ4v) is 2.50. The van der Waals surface area contributed by atoms with Gasteiger partial charge in [0.1, 0.15) is 5.65 Å². The maximum absolute atomic E-state index is 4.58. The van der Waals surface area contributed by atoms with E-state index < -0.39 is 0 Å². The first-order valence-electron chi connectivity index (χ1n) is 6.53. The Morgan fingerprint density at radius 1 is 1.47 bits per heavy atom. The molecular formula is C14H19N3. The largest absolute Gasteiger partial charge is 0.308 e. The molecule has 3 heteroatoms. The van der Waals surface area contributed by atoms with Gasteiger partial charge < -0.3 is 9.72 Å². The van der Waals surface area contributed by atoms with Crippen LogP contribution in [0.4, 0.5) is 0 Å². The molecule has 1 N–H and O–H groups in total. The predicted molar refractivity (Wildman–Crippen MR) is 68.8 cm³/mol. The van der Waals surface area contributed by atoms with Crippen LogP contribution in [0.2, 0.25) is 0 Å². The Morgan fingerprint density at radius 2 is 2.41 bits per heavy atom. The molecule has 1 aliphatic rings. The second kappa shape index (κ2) is 4.49. The number of aromatic nitrogens is 2. The first-order valence-corrected chi connectivity index (χ1v) is 6.53. The lowest BCUT2D eigenvalue weighted by Gasteiger charge is -2.00. The predicted octanol–water partition coefficient (Wildman–Crippen LogP) is 2.61. The Labute approximate surface area is 102 Å². The molecule has 1 saturated carbocycles. The molecule has 90 valence electrons. The van der Waals surface area contributed by atoms with Crippen molar-refractivity contribution in [2.75, 3.05) is 0 Å². The van der Waals surface area contributed by atoms with Crippen LogP contribution >= 0.6 is 0 Å². The van der Waals surface area contributed by atoms with Crippen molar-refractivity contribution in [3.63, 3.8) is 0 Å². The van der Waals surface area contributed by atoms with E-state index in [0.29, 0.717) is 0 Å². The van der Waals surface area contributed by atoms with Gasteiger partial charge in [-0.1, -0.05) is 19.4 Å². The first-order chi connectivity index (χ1) is 8.36. The van der Waals surface area contributed by atoms with Gasteiger partial charge in [-0.2, -0.15) is 0 Å². The highest BCUT2D eigenvalue weighted by Gasteiger charge is 2.35. The zero-order valence-corrected chi connectivity index (χ0v) is 10.3. The van der Waals surface area contributed by atoms with E-state index in [4.69, 9.17) is 0 Å². The average Bonchev–Trinajstić information content (AvgIpc) is 2.94. The smallest absolute Gasteiger partial charge is 0.137 e. The van der Waals surface area contributed by atoms with Crippen LogP contribution in [0.15, 0.2) is 30.6 Å². The molecule has 2 unspecified atom stereocenters. The van der Waals surface area contributed by atoms with Crippen molar-refractivity contribution >= 4 is 5.65 Å². The van der Waals surface area contributed by atoms with Gasteiger partial charge in [0, 0.05) is 25.0 Å². The van der Waals surface area contributed by atoms with E-state index in [2.05, 4.69) is 27.8 Å². The van der Waals surface area contributed by atoms with Crippen molar-refractivity contribution in [3.8, 4) is 0 Å². The molecule has 0 aromatic carbocycles. The second-order valence-electron chi connectivity index (χ2n) is 4.97. The molecule has 0 saturated heterocycles. The molecule has 2 aromatic heterocycles. The van der Waals surface area contributed by atoms with Crippen molar-refractivity contribution in [2.24, 2.45) is 5.92 Å². The second-order valence-corrected chi connectivity index (χ2v) is 4.97. The maximum atomic E-state index is 4.58. The van der Waals surface area contributed by atoms with Gasteiger partial charge in [-0.15, -0.1) is 0 Å². The Balaban J connectivity index is 1.58. The number of hydrogen-bond acceptors (Lipinski definition) is 2. The van der Waals surface area contributed by atoms with Crippen LogP contribution in [0.1, 0.15) is 31.9 Å². The van der Waals surface area contributed by atoms with Gasteiger partial charge in [-0.05, 0) is 30.9 Å². The molecule has 2 atom stereocenters.